The Morgan fingerprint density at radius 2 is 1.87 bits per heavy atom. The van der Waals surface area contributed by atoms with Gasteiger partial charge in [-0.1, -0.05) is 66.4 Å². The van der Waals surface area contributed by atoms with Crippen LogP contribution < -0.4 is 4.74 Å². The quantitative estimate of drug-likeness (QED) is 0.650. The molecule has 0 aliphatic rings. The molecule has 0 saturated carbocycles. The molecule has 2 aromatic carbocycles. The Morgan fingerprint density at radius 1 is 1.09 bits per heavy atom. The van der Waals surface area contributed by atoms with Crippen LogP contribution in [0.5, 0.6) is 5.75 Å². The van der Waals surface area contributed by atoms with Crippen LogP contribution in [0.3, 0.4) is 0 Å². The maximum Gasteiger partial charge on any atom is 0.214 e. The molecule has 1 aromatic heterocycles. The van der Waals surface area contributed by atoms with Gasteiger partial charge in [0.15, 0.2) is 0 Å². The normalized spacial score (nSPS) is 11.0. The Bertz CT molecular complexity index is 786. The second kappa shape index (κ2) is 7.60. The molecule has 6 heteroatoms. The van der Waals surface area contributed by atoms with Gasteiger partial charge in [-0.15, -0.1) is 5.10 Å². The topological polar surface area (TPSA) is 52.8 Å². The summed E-state index contributed by atoms with van der Waals surface area (Å²) >= 11 is 1.57. The fraction of sp³-hybridized carbons (Fsp3) is 0.118. The Kier molecular flexibility index (Phi) is 5.06. The molecule has 0 spiro atoms. The van der Waals surface area contributed by atoms with Crippen LogP contribution in [0, 0.1) is 0 Å². The van der Waals surface area contributed by atoms with Gasteiger partial charge in [0, 0.05) is 5.75 Å². The molecule has 0 atom stereocenters. The third kappa shape index (κ3) is 3.78. The van der Waals surface area contributed by atoms with E-state index in [0.29, 0.717) is 0 Å². The molecule has 0 aliphatic carbocycles. The number of rotatable bonds is 6. The minimum absolute atomic E-state index is 0.729. The number of aromatic nitrogens is 4. The number of hydrogen-bond acceptors (Lipinski definition) is 5. The standard InChI is InChI=1S/C17H16N4OS/c1-22-16-12-6-5-11-15(16)21-17(18-19-20-21)23-13-7-10-14-8-3-2-4-9-14/h2-12H,13H2,1H3/b10-7+. The van der Waals surface area contributed by atoms with Gasteiger partial charge < -0.3 is 4.74 Å². The zero-order valence-corrected chi connectivity index (χ0v) is 13.5. The molecule has 0 bridgehead atoms. The molecular formula is C17H16N4OS. The van der Waals surface area contributed by atoms with E-state index in [1.165, 1.54) is 5.56 Å². The van der Waals surface area contributed by atoms with Gasteiger partial charge in [-0.2, -0.15) is 4.68 Å². The number of nitrogens with zero attached hydrogens (tertiary/aromatic N) is 4. The molecule has 0 aliphatic heterocycles. The van der Waals surface area contributed by atoms with Crippen LogP contribution in [0.4, 0.5) is 0 Å². The van der Waals surface area contributed by atoms with Crippen molar-refractivity contribution in [1.82, 2.24) is 20.2 Å². The van der Waals surface area contributed by atoms with E-state index in [1.807, 2.05) is 42.5 Å². The SMILES string of the molecule is COc1ccccc1-n1nnnc1SC/C=C/c1ccccc1. The van der Waals surface area contributed by atoms with Gasteiger partial charge in [0.05, 0.1) is 7.11 Å². The van der Waals surface area contributed by atoms with E-state index < -0.39 is 0 Å². The average Bonchev–Trinajstić information content (AvgIpc) is 3.08. The first-order valence-electron chi connectivity index (χ1n) is 7.14. The van der Waals surface area contributed by atoms with Crippen LogP contribution in [0.2, 0.25) is 0 Å². The van der Waals surface area contributed by atoms with Gasteiger partial charge in [-0.3, -0.25) is 0 Å². The van der Waals surface area contributed by atoms with E-state index in [1.54, 1.807) is 23.6 Å². The van der Waals surface area contributed by atoms with Gasteiger partial charge >= 0.3 is 0 Å². The maximum atomic E-state index is 5.37. The number of thioether (sulfide) groups is 1. The van der Waals surface area contributed by atoms with Crippen LogP contribution in [-0.2, 0) is 0 Å². The zero-order valence-electron chi connectivity index (χ0n) is 12.7. The highest BCUT2D eigenvalue weighted by molar-refractivity contribution is 7.99. The number of para-hydroxylation sites is 2. The van der Waals surface area contributed by atoms with Gasteiger partial charge in [0.2, 0.25) is 5.16 Å². The molecule has 0 saturated heterocycles. The number of methoxy groups -OCH3 is 1. The first-order valence-corrected chi connectivity index (χ1v) is 8.13. The predicted molar refractivity (Wildman–Crippen MR) is 91.9 cm³/mol. The summed E-state index contributed by atoms with van der Waals surface area (Å²) in [5.74, 6) is 1.52. The zero-order chi connectivity index (χ0) is 15.9. The number of tetrazole rings is 1. The Hall–Kier alpha value is -2.60. The lowest BCUT2D eigenvalue weighted by molar-refractivity contribution is 0.410. The van der Waals surface area contributed by atoms with Crippen molar-refractivity contribution < 1.29 is 4.74 Å². The molecule has 5 nitrogen and oxygen atoms in total. The number of benzene rings is 2. The molecule has 23 heavy (non-hydrogen) atoms. The fourth-order valence-corrected chi connectivity index (χ4v) is 2.79. The Labute approximate surface area is 139 Å². The second-order valence-corrected chi connectivity index (χ2v) is 5.66. The molecule has 3 aromatic rings. The van der Waals surface area contributed by atoms with Crippen LogP contribution in [0.15, 0.2) is 65.8 Å². The fourth-order valence-electron chi connectivity index (χ4n) is 2.10. The molecule has 0 unspecified atom stereocenters. The minimum Gasteiger partial charge on any atom is -0.494 e. The second-order valence-electron chi connectivity index (χ2n) is 4.67. The van der Waals surface area contributed by atoms with Gasteiger partial charge in [-0.05, 0) is 28.1 Å². The van der Waals surface area contributed by atoms with Crippen molar-refractivity contribution in [1.29, 1.82) is 0 Å². The van der Waals surface area contributed by atoms with Crippen molar-refractivity contribution in [3.8, 4) is 11.4 Å². The maximum absolute atomic E-state index is 5.37. The molecule has 0 N–H and O–H groups in total. The van der Waals surface area contributed by atoms with Crippen molar-refractivity contribution in [3.05, 3.63) is 66.2 Å². The Balaban J connectivity index is 1.71. The highest BCUT2D eigenvalue weighted by Crippen LogP contribution is 2.25. The van der Waals surface area contributed by atoms with E-state index in [0.717, 1.165) is 22.3 Å². The van der Waals surface area contributed by atoms with Crippen molar-refractivity contribution in [2.45, 2.75) is 5.16 Å². The van der Waals surface area contributed by atoms with Crippen molar-refractivity contribution in [3.63, 3.8) is 0 Å². The summed E-state index contributed by atoms with van der Waals surface area (Å²) in [5, 5.41) is 12.7. The summed E-state index contributed by atoms with van der Waals surface area (Å²) in [5.41, 5.74) is 2.01. The summed E-state index contributed by atoms with van der Waals surface area (Å²) in [6.07, 6.45) is 4.19. The van der Waals surface area contributed by atoms with Crippen molar-refractivity contribution in [2.75, 3.05) is 12.9 Å². The highest BCUT2D eigenvalue weighted by atomic mass is 32.2. The molecule has 0 amide bonds. The third-order valence-electron chi connectivity index (χ3n) is 3.17. The smallest absolute Gasteiger partial charge is 0.214 e. The predicted octanol–water partition coefficient (Wildman–Crippen LogP) is 3.48. The van der Waals surface area contributed by atoms with Crippen LogP contribution in [0.1, 0.15) is 5.56 Å². The highest BCUT2D eigenvalue weighted by Gasteiger charge is 2.12. The Morgan fingerprint density at radius 3 is 2.70 bits per heavy atom. The average molecular weight is 324 g/mol. The summed E-state index contributed by atoms with van der Waals surface area (Å²) in [7, 11) is 1.64. The van der Waals surface area contributed by atoms with Gasteiger partial charge in [0.25, 0.3) is 0 Å². The van der Waals surface area contributed by atoms with E-state index in [2.05, 4.69) is 39.8 Å². The summed E-state index contributed by atoms with van der Waals surface area (Å²) < 4.78 is 7.06. The lowest BCUT2D eigenvalue weighted by Gasteiger charge is -2.08. The summed E-state index contributed by atoms with van der Waals surface area (Å²) in [6.45, 7) is 0. The largest absolute Gasteiger partial charge is 0.494 e. The van der Waals surface area contributed by atoms with Crippen molar-refractivity contribution >= 4 is 17.8 Å². The van der Waals surface area contributed by atoms with Gasteiger partial charge in [0.1, 0.15) is 11.4 Å². The first kappa shape index (κ1) is 15.3. The molecule has 116 valence electrons. The van der Waals surface area contributed by atoms with Crippen LogP contribution in [0.25, 0.3) is 11.8 Å². The molecule has 0 fully saturated rings. The van der Waals surface area contributed by atoms with E-state index >= 15 is 0 Å². The molecular weight excluding hydrogens is 308 g/mol. The summed E-state index contributed by atoms with van der Waals surface area (Å²) in [6, 6.07) is 17.9. The van der Waals surface area contributed by atoms with Crippen molar-refractivity contribution in [2.24, 2.45) is 0 Å². The number of hydrogen-bond donors (Lipinski definition) is 0. The van der Waals surface area contributed by atoms with E-state index in [9.17, 15) is 0 Å². The number of ether oxygens (including phenoxy) is 1. The third-order valence-corrected chi connectivity index (χ3v) is 4.04. The lowest BCUT2D eigenvalue weighted by Crippen LogP contribution is -2.01. The minimum atomic E-state index is 0.729. The lowest BCUT2D eigenvalue weighted by atomic mass is 10.2. The van der Waals surface area contributed by atoms with Crippen LogP contribution >= 0.6 is 11.8 Å². The molecule has 1 heterocycles. The molecule has 0 radical (unpaired) electrons. The first-order chi connectivity index (χ1) is 11.4. The van der Waals surface area contributed by atoms with E-state index in [4.69, 9.17) is 4.74 Å². The monoisotopic (exact) mass is 324 g/mol. The van der Waals surface area contributed by atoms with Gasteiger partial charge in [-0.25, -0.2) is 0 Å². The van der Waals surface area contributed by atoms with Crippen LogP contribution in [-0.4, -0.2) is 33.1 Å². The molecule has 3 rings (SSSR count). The van der Waals surface area contributed by atoms with E-state index in [-0.39, 0.29) is 0 Å². The summed E-state index contributed by atoms with van der Waals surface area (Å²) in [4.78, 5) is 0.